The van der Waals surface area contributed by atoms with Crippen LogP contribution in [-0.4, -0.2) is 35.3 Å². The van der Waals surface area contributed by atoms with Crippen molar-refractivity contribution in [1.82, 2.24) is 9.47 Å². The standard InChI is InChI=1S/C22H25N3O/c1-6-24(5)14-23-20-13-16(3)19(12-17(20)4)22(26)25-11-10-18-15(2)8-7-9-21(18)25/h7-14H,6H2,1-5H3. The highest BCUT2D eigenvalue weighted by Gasteiger charge is 2.16. The maximum absolute atomic E-state index is 13.1. The van der Waals surface area contributed by atoms with Crippen LogP contribution in [0.15, 0.2) is 47.6 Å². The highest BCUT2D eigenvalue weighted by molar-refractivity contribution is 6.03. The van der Waals surface area contributed by atoms with Gasteiger partial charge in [0.2, 0.25) is 0 Å². The molecule has 0 atom stereocenters. The average molecular weight is 347 g/mol. The first-order chi connectivity index (χ1) is 12.4. The monoisotopic (exact) mass is 347 g/mol. The number of benzene rings is 2. The average Bonchev–Trinajstić information content (AvgIpc) is 3.06. The van der Waals surface area contributed by atoms with Crippen molar-refractivity contribution in [1.29, 1.82) is 0 Å². The van der Waals surface area contributed by atoms with Crippen molar-refractivity contribution in [3.8, 4) is 0 Å². The van der Waals surface area contributed by atoms with Crippen molar-refractivity contribution in [2.24, 2.45) is 4.99 Å². The topological polar surface area (TPSA) is 37.6 Å². The summed E-state index contributed by atoms with van der Waals surface area (Å²) in [6.07, 6.45) is 3.68. The van der Waals surface area contributed by atoms with Gasteiger partial charge in [-0.05, 0) is 68.7 Å². The predicted molar refractivity (Wildman–Crippen MR) is 109 cm³/mol. The van der Waals surface area contributed by atoms with Gasteiger partial charge in [0.1, 0.15) is 0 Å². The molecule has 0 aliphatic rings. The molecule has 4 nitrogen and oxygen atoms in total. The van der Waals surface area contributed by atoms with E-state index in [1.807, 2.05) is 68.7 Å². The number of aliphatic imine (C=N–C) groups is 1. The third-order valence-corrected chi connectivity index (χ3v) is 4.84. The zero-order chi connectivity index (χ0) is 18.8. The van der Waals surface area contributed by atoms with Crippen molar-refractivity contribution in [2.75, 3.05) is 13.6 Å². The SMILES string of the molecule is CCN(C)C=Nc1cc(C)c(C(=O)n2ccc3c(C)cccc32)cc1C. The second kappa shape index (κ2) is 7.16. The lowest BCUT2D eigenvalue weighted by Crippen LogP contribution is -2.14. The van der Waals surface area contributed by atoms with Crippen LogP contribution in [0.1, 0.15) is 34.0 Å². The Labute approximate surface area is 154 Å². The van der Waals surface area contributed by atoms with E-state index in [9.17, 15) is 4.79 Å². The van der Waals surface area contributed by atoms with Gasteiger partial charge in [-0.3, -0.25) is 9.36 Å². The Morgan fingerprint density at radius 2 is 1.88 bits per heavy atom. The van der Waals surface area contributed by atoms with Gasteiger partial charge < -0.3 is 4.90 Å². The molecule has 0 amide bonds. The Morgan fingerprint density at radius 1 is 1.12 bits per heavy atom. The molecule has 3 aromatic rings. The number of hydrogen-bond acceptors (Lipinski definition) is 2. The number of fused-ring (bicyclic) bond motifs is 1. The molecule has 0 unspecified atom stereocenters. The fourth-order valence-electron chi connectivity index (χ4n) is 3.04. The number of rotatable bonds is 4. The van der Waals surface area contributed by atoms with Crippen LogP contribution in [0.25, 0.3) is 10.9 Å². The van der Waals surface area contributed by atoms with Crippen LogP contribution in [0.5, 0.6) is 0 Å². The molecule has 0 saturated heterocycles. The summed E-state index contributed by atoms with van der Waals surface area (Å²) < 4.78 is 1.73. The van der Waals surface area contributed by atoms with E-state index in [0.717, 1.165) is 34.3 Å². The maximum Gasteiger partial charge on any atom is 0.262 e. The molecule has 1 heterocycles. The summed E-state index contributed by atoms with van der Waals surface area (Å²) in [5.41, 5.74) is 5.65. The second-order valence-electron chi connectivity index (χ2n) is 6.77. The molecule has 0 fully saturated rings. The molecular weight excluding hydrogens is 322 g/mol. The van der Waals surface area contributed by atoms with Crippen molar-refractivity contribution in [3.05, 3.63) is 64.8 Å². The highest BCUT2D eigenvalue weighted by Crippen LogP contribution is 2.26. The van der Waals surface area contributed by atoms with Gasteiger partial charge in [0.15, 0.2) is 0 Å². The predicted octanol–water partition coefficient (Wildman–Crippen LogP) is 4.87. The maximum atomic E-state index is 13.1. The number of aromatic nitrogens is 1. The van der Waals surface area contributed by atoms with Crippen LogP contribution < -0.4 is 0 Å². The molecule has 0 aliphatic heterocycles. The first kappa shape index (κ1) is 17.9. The third kappa shape index (κ3) is 3.27. The molecule has 0 bridgehead atoms. The largest absolute Gasteiger partial charge is 0.366 e. The lowest BCUT2D eigenvalue weighted by atomic mass is 10.0. The fourth-order valence-corrected chi connectivity index (χ4v) is 3.04. The van der Waals surface area contributed by atoms with Crippen molar-refractivity contribution >= 4 is 28.8 Å². The summed E-state index contributed by atoms with van der Waals surface area (Å²) in [5, 5.41) is 1.11. The minimum Gasteiger partial charge on any atom is -0.366 e. The van der Waals surface area contributed by atoms with E-state index in [4.69, 9.17) is 0 Å². The van der Waals surface area contributed by atoms with Gasteiger partial charge in [-0.1, -0.05) is 12.1 Å². The molecule has 4 heteroatoms. The lowest BCUT2D eigenvalue weighted by Gasteiger charge is -2.12. The van der Waals surface area contributed by atoms with Crippen molar-refractivity contribution in [3.63, 3.8) is 0 Å². The summed E-state index contributed by atoms with van der Waals surface area (Å²) in [5.74, 6) is -0.00703. The molecule has 134 valence electrons. The Hall–Kier alpha value is -2.88. The van der Waals surface area contributed by atoms with Gasteiger partial charge in [-0.25, -0.2) is 4.99 Å². The first-order valence-electron chi connectivity index (χ1n) is 8.89. The Kier molecular flexibility index (Phi) is 4.94. The molecule has 0 spiro atoms. The zero-order valence-electron chi connectivity index (χ0n) is 16.1. The molecule has 1 aromatic heterocycles. The number of nitrogens with zero attached hydrogens (tertiary/aromatic N) is 3. The van der Waals surface area contributed by atoms with Crippen LogP contribution in [0.3, 0.4) is 0 Å². The van der Waals surface area contributed by atoms with E-state index >= 15 is 0 Å². The zero-order valence-corrected chi connectivity index (χ0v) is 16.1. The lowest BCUT2D eigenvalue weighted by molar-refractivity contribution is 0.0964. The molecule has 0 radical (unpaired) electrons. The van der Waals surface area contributed by atoms with E-state index in [1.165, 1.54) is 5.56 Å². The second-order valence-corrected chi connectivity index (χ2v) is 6.77. The fraction of sp³-hybridized carbons (Fsp3) is 0.273. The Morgan fingerprint density at radius 3 is 2.62 bits per heavy atom. The van der Waals surface area contributed by atoms with Gasteiger partial charge in [-0.15, -0.1) is 0 Å². The number of carbonyl (C=O) groups excluding carboxylic acids is 1. The van der Waals surface area contributed by atoms with Crippen LogP contribution in [0.4, 0.5) is 5.69 Å². The molecular formula is C22H25N3O. The molecule has 0 saturated carbocycles. The first-order valence-corrected chi connectivity index (χ1v) is 8.89. The van der Waals surface area contributed by atoms with E-state index in [-0.39, 0.29) is 5.91 Å². The van der Waals surface area contributed by atoms with Gasteiger partial charge >= 0.3 is 0 Å². The third-order valence-electron chi connectivity index (χ3n) is 4.84. The van der Waals surface area contributed by atoms with Crippen molar-refractivity contribution < 1.29 is 4.79 Å². The minimum atomic E-state index is -0.00703. The van der Waals surface area contributed by atoms with Crippen LogP contribution in [0.2, 0.25) is 0 Å². The number of hydrogen-bond donors (Lipinski definition) is 0. The van der Waals surface area contributed by atoms with E-state index in [1.54, 1.807) is 4.57 Å². The summed E-state index contributed by atoms with van der Waals surface area (Å²) in [6, 6.07) is 12.0. The van der Waals surface area contributed by atoms with Crippen molar-refractivity contribution in [2.45, 2.75) is 27.7 Å². The normalized spacial score (nSPS) is 11.4. The number of carbonyl (C=O) groups is 1. The van der Waals surface area contributed by atoms with Crippen LogP contribution in [0, 0.1) is 20.8 Å². The van der Waals surface area contributed by atoms with Gasteiger partial charge in [0.05, 0.1) is 17.5 Å². The van der Waals surface area contributed by atoms with E-state index in [2.05, 4.69) is 24.9 Å². The van der Waals surface area contributed by atoms with E-state index < -0.39 is 0 Å². The summed E-state index contributed by atoms with van der Waals surface area (Å²) in [7, 11) is 1.99. The highest BCUT2D eigenvalue weighted by atomic mass is 16.2. The molecule has 0 N–H and O–H groups in total. The smallest absolute Gasteiger partial charge is 0.262 e. The van der Waals surface area contributed by atoms with E-state index in [0.29, 0.717) is 5.56 Å². The van der Waals surface area contributed by atoms with Crippen LogP contribution in [-0.2, 0) is 0 Å². The number of aryl methyl sites for hydroxylation is 3. The quantitative estimate of drug-likeness (QED) is 0.499. The molecule has 0 aliphatic carbocycles. The molecule has 2 aromatic carbocycles. The molecule has 3 rings (SSSR count). The van der Waals surface area contributed by atoms with Gasteiger partial charge in [0, 0.05) is 30.7 Å². The Balaban J connectivity index is 2.01. The van der Waals surface area contributed by atoms with Gasteiger partial charge in [-0.2, -0.15) is 0 Å². The summed E-state index contributed by atoms with van der Waals surface area (Å²) >= 11 is 0. The summed E-state index contributed by atoms with van der Waals surface area (Å²) in [4.78, 5) is 19.7. The van der Waals surface area contributed by atoms with Crippen LogP contribution >= 0.6 is 0 Å². The summed E-state index contributed by atoms with van der Waals surface area (Å²) in [6.45, 7) is 9.00. The minimum absolute atomic E-state index is 0.00703. The molecule has 26 heavy (non-hydrogen) atoms. The van der Waals surface area contributed by atoms with Gasteiger partial charge in [0.25, 0.3) is 5.91 Å². The Bertz CT molecular complexity index is 998.